The van der Waals surface area contributed by atoms with Gasteiger partial charge in [-0.3, -0.25) is 14.3 Å². The highest BCUT2D eigenvalue weighted by Crippen LogP contribution is 2.39. The first-order chi connectivity index (χ1) is 11.6. The second-order valence-electron chi connectivity index (χ2n) is 5.77. The van der Waals surface area contributed by atoms with Crippen molar-refractivity contribution in [3.05, 3.63) is 10.4 Å². The molecule has 0 aromatic carbocycles. The number of phosphoric ester groups is 1. The number of nitrogens with two attached hydrogens (primary N) is 1. The molecule has 0 radical (unpaired) electrons. The fraction of sp³-hybridized carbons (Fsp3) is 0.636. The van der Waals surface area contributed by atoms with Crippen molar-refractivity contribution in [2.75, 3.05) is 35.9 Å². The number of hydrogen-bond acceptors (Lipinski definition) is 10. The smallest absolute Gasteiger partial charge is 0.387 e. The summed E-state index contributed by atoms with van der Waals surface area (Å²) >= 11 is 0. The van der Waals surface area contributed by atoms with Crippen LogP contribution in [0, 0.1) is 0 Å². The lowest BCUT2D eigenvalue weighted by Crippen LogP contribution is -2.45. The molecule has 1 fully saturated rings. The lowest BCUT2D eigenvalue weighted by Gasteiger charge is -2.27. The molecular formula is C11H18N5O8P. The molecule has 2 aliphatic rings. The molecule has 4 atom stereocenters. The number of phosphoric acid groups is 1. The van der Waals surface area contributed by atoms with Gasteiger partial charge in [0.15, 0.2) is 12.0 Å². The fourth-order valence-electron chi connectivity index (χ4n) is 2.88. The van der Waals surface area contributed by atoms with Gasteiger partial charge >= 0.3 is 7.82 Å². The van der Waals surface area contributed by atoms with E-state index in [4.69, 9.17) is 20.3 Å². The number of fused-ring (bicyclic) bond motifs is 1. The van der Waals surface area contributed by atoms with E-state index in [0.29, 0.717) is 0 Å². The molecule has 0 spiro atoms. The van der Waals surface area contributed by atoms with E-state index in [0.717, 1.165) is 0 Å². The molecule has 140 valence electrons. The molecule has 7 N–H and O–H groups in total. The first kappa shape index (κ1) is 18.1. The second kappa shape index (κ2) is 6.21. The number of hydrogen-bond donors (Lipinski definition) is 6. The van der Waals surface area contributed by atoms with Crippen LogP contribution in [0.2, 0.25) is 0 Å². The van der Waals surface area contributed by atoms with E-state index in [1.54, 1.807) is 11.9 Å². The van der Waals surface area contributed by atoms with Gasteiger partial charge in [0.2, 0.25) is 5.95 Å². The van der Waals surface area contributed by atoms with E-state index in [9.17, 15) is 19.6 Å². The van der Waals surface area contributed by atoms with Crippen LogP contribution in [0.3, 0.4) is 0 Å². The number of H-pyrrole nitrogens is 1. The van der Waals surface area contributed by atoms with Crippen LogP contribution in [0.1, 0.15) is 0 Å². The summed E-state index contributed by atoms with van der Waals surface area (Å²) in [4.78, 5) is 38.9. The molecule has 25 heavy (non-hydrogen) atoms. The van der Waals surface area contributed by atoms with E-state index in [1.807, 2.05) is 0 Å². The maximum Gasteiger partial charge on any atom is 0.469 e. The quantitative estimate of drug-likeness (QED) is 0.293. The Kier molecular flexibility index (Phi) is 4.49. The van der Waals surface area contributed by atoms with Crippen molar-refractivity contribution >= 4 is 25.3 Å². The number of nitrogens with zero attached hydrogens (tertiary/aromatic N) is 3. The summed E-state index contributed by atoms with van der Waals surface area (Å²) in [6, 6.07) is 0. The summed E-state index contributed by atoms with van der Waals surface area (Å²) in [5, 5.41) is 20.3. The van der Waals surface area contributed by atoms with Crippen molar-refractivity contribution in [2.24, 2.45) is 0 Å². The molecule has 1 aromatic rings. The van der Waals surface area contributed by atoms with Crippen molar-refractivity contribution in [3.8, 4) is 0 Å². The Hall–Kier alpha value is -1.73. The van der Waals surface area contributed by atoms with Gasteiger partial charge in [-0.1, -0.05) is 0 Å². The van der Waals surface area contributed by atoms with Crippen LogP contribution in [0.4, 0.5) is 17.5 Å². The maximum atomic E-state index is 12.0. The van der Waals surface area contributed by atoms with E-state index >= 15 is 0 Å². The molecule has 3 rings (SSSR count). The first-order valence-corrected chi connectivity index (χ1v) is 8.71. The van der Waals surface area contributed by atoms with Crippen LogP contribution < -0.4 is 21.1 Å². The minimum absolute atomic E-state index is 0.120. The largest absolute Gasteiger partial charge is 0.469 e. The normalized spacial score (nSPS) is 29.3. The lowest BCUT2D eigenvalue weighted by molar-refractivity contribution is -0.0217. The van der Waals surface area contributed by atoms with Crippen molar-refractivity contribution in [3.63, 3.8) is 0 Å². The van der Waals surface area contributed by atoms with Gasteiger partial charge in [-0.2, -0.15) is 4.98 Å². The Labute approximate surface area is 140 Å². The number of ether oxygens (including phenoxy) is 1. The Bertz CT molecular complexity index is 767. The van der Waals surface area contributed by atoms with Crippen LogP contribution in [0.25, 0.3) is 0 Å². The zero-order valence-corrected chi connectivity index (χ0v) is 13.9. The van der Waals surface area contributed by atoms with Gasteiger partial charge in [0.1, 0.15) is 24.0 Å². The predicted octanol–water partition coefficient (Wildman–Crippen LogP) is -2.88. The molecule has 14 heteroatoms. The van der Waals surface area contributed by atoms with Gasteiger partial charge in [-0.05, 0) is 0 Å². The van der Waals surface area contributed by atoms with Crippen LogP contribution in [-0.2, 0) is 13.8 Å². The molecule has 3 heterocycles. The summed E-state index contributed by atoms with van der Waals surface area (Å²) in [6.07, 6.45) is -5.17. The molecule has 0 aliphatic carbocycles. The molecule has 0 saturated carbocycles. The van der Waals surface area contributed by atoms with Crippen molar-refractivity contribution in [1.29, 1.82) is 0 Å². The SMILES string of the molecule is CN1CN(C2OC(COP(=O)(O)O)C(O)C2O)c2nc(N)[nH]c(=O)c21. The lowest BCUT2D eigenvalue weighted by atomic mass is 10.1. The standard InChI is InChI=1S/C11H18N5O8P/c1-15-3-16(8-5(15)9(19)14-11(12)13-8)10-7(18)6(17)4(24-10)2-23-25(20,21)22/h4,6-7,10,17-18H,2-3H2,1H3,(H2,20,21,22)(H3,12,13,14,19). The van der Waals surface area contributed by atoms with Gasteiger partial charge < -0.3 is 40.3 Å². The van der Waals surface area contributed by atoms with E-state index in [2.05, 4.69) is 14.5 Å². The minimum Gasteiger partial charge on any atom is -0.387 e. The average Bonchev–Trinajstić information content (AvgIpc) is 2.95. The van der Waals surface area contributed by atoms with E-state index in [1.165, 1.54) is 4.90 Å². The summed E-state index contributed by atoms with van der Waals surface area (Å²) in [5.74, 6) is 0.0371. The minimum atomic E-state index is -4.75. The monoisotopic (exact) mass is 379 g/mol. The van der Waals surface area contributed by atoms with Crippen LogP contribution in [0.15, 0.2) is 4.79 Å². The zero-order chi connectivity index (χ0) is 18.5. The Morgan fingerprint density at radius 2 is 2.12 bits per heavy atom. The number of aromatic nitrogens is 2. The number of aromatic amines is 1. The molecule has 1 aromatic heterocycles. The Morgan fingerprint density at radius 3 is 2.76 bits per heavy atom. The van der Waals surface area contributed by atoms with Crippen LogP contribution in [0.5, 0.6) is 0 Å². The molecule has 13 nitrogen and oxygen atoms in total. The van der Waals surface area contributed by atoms with E-state index < -0.39 is 44.5 Å². The van der Waals surface area contributed by atoms with E-state index in [-0.39, 0.29) is 24.1 Å². The van der Waals surface area contributed by atoms with Crippen molar-refractivity contribution in [2.45, 2.75) is 24.5 Å². The topological polar surface area (TPSA) is 195 Å². The highest BCUT2D eigenvalue weighted by atomic mass is 31.2. The number of nitrogens with one attached hydrogen (secondary N) is 1. The Morgan fingerprint density at radius 1 is 1.44 bits per heavy atom. The second-order valence-corrected chi connectivity index (χ2v) is 7.00. The predicted molar refractivity (Wildman–Crippen MR) is 83.7 cm³/mol. The van der Waals surface area contributed by atoms with Crippen molar-refractivity contribution in [1.82, 2.24) is 9.97 Å². The number of aliphatic hydroxyl groups is 2. The highest BCUT2D eigenvalue weighted by Gasteiger charge is 2.49. The third kappa shape index (κ3) is 3.35. The van der Waals surface area contributed by atoms with Gasteiger partial charge in [-0.15, -0.1) is 0 Å². The third-order valence-corrected chi connectivity index (χ3v) is 4.45. The highest BCUT2D eigenvalue weighted by molar-refractivity contribution is 7.46. The molecular weight excluding hydrogens is 361 g/mol. The molecule has 0 amide bonds. The molecule has 4 unspecified atom stereocenters. The third-order valence-electron chi connectivity index (χ3n) is 3.96. The molecule has 1 saturated heterocycles. The van der Waals surface area contributed by atoms with Gasteiger partial charge in [-0.25, -0.2) is 4.57 Å². The summed E-state index contributed by atoms with van der Waals surface area (Å²) < 4.78 is 20.6. The summed E-state index contributed by atoms with van der Waals surface area (Å²) in [5.41, 5.74) is 5.30. The van der Waals surface area contributed by atoms with Gasteiger partial charge in [0, 0.05) is 7.05 Å². The number of aliphatic hydroxyl groups excluding tert-OH is 2. The molecule has 0 bridgehead atoms. The summed E-state index contributed by atoms with van der Waals surface area (Å²) in [6.45, 7) is -0.504. The van der Waals surface area contributed by atoms with Crippen LogP contribution >= 0.6 is 7.82 Å². The summed E-state index contributed by atoms with van der Waals surface area (Å²) in [7, 11) is -3.13. The fourth-order valence-corrected chi connectivity index (χ4v) is 3.22. The maximum absolute atomic E-state index is 12.0. The number of anilines is 3. The molecule has 2 aliphatic heterocycles. The van der Waals surface area contributed by atoms with Gasteiger partial charge in [0.05, 0.1) is 13.3 Å². The number of rotatable bonds is 4. The first-order valence-electron chi connectivity index (χ1n) is 7.17. The van der Waals surface area contributed by atoms with Gasteiger partial charge in [0.25, 0.3) is 5.56 Å². The van der Waals surface area contributed by atoms with Crippen LogP contribution in [-0.4, -0.2) is 74.8 Å². The Balaban J connectivity index is 1.84. The number of nitrogen functional groups attached to an aromatic ring is 1. The zero-order valence-electron chi connectivity index (χ0n) is 13.0. The average molecular weight is 379 g/mol. The van der Waals surface area contributed by atoms with Crippen molar-refractivity contribution < 1.29 is 33.8 Å².